The van der Waals surface area contributed by atoms with Gasteiger partial charge in [0.1, 0.15) is 12.1 Å². The standard InChI is InChI=1S/C8H2N4S2/c9-1-7-11-3-5(13-7)6-4-12-8(2-10)14-6/h3-4H. The van der Waals surface area contributed by atoms with Crippen molar-refractivity contribution in [1.82, 2.24) is 9.97 Å². The molecule has 66 valence electrons. The monoisotopic (exact) mass is 218 g/mol. The molecule has 0 unspecified atom stereocenters. The molecule has 4 nitrogen and oxygen atoms in total. The molecule has 2 aromatic rings. The molecule has 2 aromatic heterocycles. The van der Waals surface area contributed by atoms with Crippen LogP contribution in [0.25, 0.3) is 9.75 Å². The van der Waals surface area contributed by atoms with E-state index in [0.717, 1.165) is 9.75 Å². The quantitative estimate of drug-likeness (QED) is 0.733. The predicted octanol–water partition coefficient (Wildman–Crippen LogP) is 2.01. The van der Waals surface area contributed by atoms with E-state index in [1.54, 1.807) is 12.4 Å². The third-order valence-electron chi connectivity index (χ3n) is 1.45. The maximum absolute atomic E-state index is 8.58. The number of rotatable bonds is 1. The summed E-state index contributed by atoms with van der Waals surface area (Å²) in [6.07, 6.45) is 3.25. The van der Waals surface area contributed by atoms with E-state index >= 15 is 0 Å². The van der Waals surface area contributed by atoms with Gasteiger partial charge in [-0.15, -0.1) is 22.7 Å². The molecule has 2 heterocycles. The minimum atomic E-state index is 0.423. The fraction of sp³-hybridized carbons (Fsp3) is 0. The largest absolute Gasteiger partial charge is 0.234 e. The Kier molecular flexibility index (Phi) is 2.23. The second-order valence-corrected chi connectivity index (χ2v) is 4.34. The smallest absolute Gasteiger partial charge is 0.194 e. The highest BCUT2D eigenvalue weighted by Gasteiger charge is 2.07. The zero-order chi connectivity index (χ0) is 9.97. The van der Waals surface area contributed by atoms with Crippen molar-refractivity contribution >= 4 is 22.7 Å². The van der Waals surface area contributed by atoms with Gasteiger partial charge in [0.15, 0.2) is 10.0 Å². The molecule has 0 saturated heterocycles. The van der Waals surface area contributed by atoms with Crippen LogP contribution in [0.1, 0.15) is 10.0 Å². The Hall–Kier alpha value is -1.76. The van der Waals surface area contributed by atoms with Crippen molar-refractivity contribution in [3.8, 4) is 21.9 Å². The zero-order valence-corrected chi connectivity index (χ0v) is 8.39. The van der Waals surface area contributed by atoms with Crippen LogP contribution in [0.4, 0.5) is 0 Å². The summed E-state index contributed by atoms with van der Waals surface area (Å²) in [6.45, 7) is 0. The van der Waals surface area contributed by atoms with Crippen LogP contribution < -0.4 is 0 Å². The molecule has 6 heteroatoms. The average molecular weight is 218 g/mol. The van der Waals surface area contributed by atoms with E-state index in [2.05, 4.69) is 9.97 Å². The van der Waals surface area contributed by atoms with Crippen LogP contribution in [0.3, 0.4) is 0 Å². The minimum Gasteiger partial charge on any atom is -0.234 e. The Morgan fingerprint density at radius 2 is 1.36 bits per heavy atom. The first-order valence-electron chi connectivity index (χ1n) is 3.55. The summed E-state index contributed by atoms with van der Waals surface area (Å²) in [4.78, 5) is 9.55. The zero-order valence-electron chi connectivity index (χ0n) is 6.76. The molecule has 14 heavy (non-hydrogen) atoms. The molecule has 0 saturated carbocycles. The third kappa shape index (κ3) is 1.49. The molecule has 0 bridgehead atoms. The molecular weight excluding hydrogens is 216 g/mol. The highest BCUT2D eigenvalue weighted by atomic mass is 32.1. The third-order valence-corrected chi connectivity index (χ3v) is 3.45. The number of hydrogen-bond acceptors (Lipinski definition) is 6. The minimum absolute atomic E-state index is 0.423. The van der Waals surface area contributed by atoms with Crippen LogP contribution in [0, 0.1) is 22.7 Å². The van der Waals surface area contributed by atoms with Crippen LogP contribution in [0.5, 0.6) is 0 Å². The average Bonchev–Trinajstić information content (AvgIpc) is 2.86. The summed E-state index contributed by atoms with van der Waals surface area (Å²) >= 11 is 2.60. The number of hydrogen-bond donors (Lipinski definition) is 0. The van der Waals surface area contributed by atoms with Crippen molar-refractivity contribution in [3.05, 3.63) is 22.4 Å². The van der Waals surface area contributed by atoms with Gasteiger partial charge in [0.2, 0.25) is 0 Å². The lowest BCUT2D eigenvalue weighted by atomic mass is 10.5. The molecule has 0 amide bonds. The Balaban J connectivity index is 2.41. The van der Waals surface area contributed by atoms with Crippen LogP contribution in [-0.4, -0.2) is 9.97 Å². The van der Waals surface area contributed by atoms with Crippen molar-refractivity contribution in [2.24, 2.45) is 0 Å². The number of nitrogens with zero attached hydrogens (tertiary/aromatic N) is 4. The molecule has 0 spiro atoms. The highest BCUT2D eigenvalue weighted by molar-refractivity contribution is 7.22. The number of nitriles is 2. The molecule has 0 radical (unpaired) electrons. The highest BCUT2D eigenvalue weighted by Crippen LogP contribution is 2.30. The Morgan fingerprint density at radius 1 is 0.929 bits per heavy atom. The van der Waals surface area contributed by atoms with Crippen LogP contribution >= 0.6 is 22.7 Å². The molecule has 0 N–H and O–H groups in total. The van der Waals surface area contributed by atoms with Gasteiger partial charge in [-0.2, -0.15) is 10.5 Å². The lowest BCUT2D eigenvalue weighted by Gasteiger charge is -1.82. The summed E-state index contributed by atoms with van der Waals surface area (Å²) in [7, 11) is 0. The van der Waals surface area contributed by atoms with Gasteiger partial charge in [0.25, 0.3) is 0 Å². The van der Waals surface area contributed by atoms with Crippen molar-refractivity contribution in [2.75, 3.05) is 0 Å². The van der Waals surface area contributed by atoms with Gasteiger partial charge in [-0.25, -0.2) is 9.97 Å². The van der Waals surface area contributed by atoms with Gasteiger partial charge in [0, 0.05) is 12.4 Å². The summed E-state index contributed by atoms with van der Waals surface area (Å²) in [5, 5.41) is 18.0. The maximum atomic E-state index is 8.58. The van der Waals surface area contributed by atoms with E-state index in [9.17, 15) is 0 Å². The fourth-order valence-corrected chi connectivity index (χ4v) is 2.37. The van der Waals surface area contributed by atoms with Gasteiger partial charge in [0.05, 0.1) is 9.75 Å². The van der Waals surface area contributed by atoms with Gasteiger partial charge in [-0.05, 0) is 0 Å². The molecule has 0 aromatic carbocycles. The molecule has 0 aliphatic rings. The van der Waals surface area contributed by atoms with Gasteiger partial charge in [-0.1, -0.05) is 0 Å². The van der Waals surface area contributed by atoms with Gasteiger partial charge < -0.3 is 0 Å². The van der Waals surface area contributed by atoms with E-state index in [0.29, 0.717) is 10.0 Å². The SMILES string of the molecule is N#Cc1ncc(-c2cnc(C#N)s2)s1. The fourth-order valence-electron chi connectivity index (χ4n) is 0.879. The van der Waals surface area contributed by atoms with E-state index in [4.69, 9.17) is 10.5 Å². The van der Waals surface area contributed by atoms with Crippen molar-refractivity contribution in [2.45, 2.75) is 0 Å². The summed E-state index contributed by atoms with van der Waals surface area (Å²) in [5.74, 6) is 0. The van der Waals surface area contributed by atoms with E-state index < -0.39 is 0 Å². The van der Waals surface area contributed by atoms with E-state index in [1.165, 1.54) is 22.7 Å². The number of aromatic nitrogens is 2. The molecular formula is C8H2N4S2. The lowest BCUT2D eigenvalue weighted by Crippen LogP contribution is -1.62. The lowest BCUT2D eigenvalue weighted by molar-refractivity contribution is 1.34. The maximum Gasteiger partial charge on any atom is 0.194 e. The molecule has 0 aliphatic carbocycles. The first-order valence-corrected chi connectivity index (χ1v) is 5.19. The molecule has 0 aliphatic heterocycles. The van der Waals surface area contributed by atoms with Crippen LogP contribution in [0.15, 0.2) is 12.4 Å². The second kappa shape index (κ2) is 3.54. The molecule has 0 fully saturated rings. The summed E-state index contributed by atoms with van der Waals surface area (Å²) in [6, 6.07) is 3.93. The summed E-state index contributed by atoms with van der Waals surface area (Å²) in [5.41, 5.74) is 0. The topological polar surface area (TPSA) is 73.4 Å². The number of thiazole rings is 2. The second-order valence-electron chi connectivity index (χ2n) is 2.28. The van der Waals surface area contributed by atoms with Crippen molar-refractivity contribution in [1.29, 1.82) is 10.5 Å². The van der Waals surface area contributed by atoms with Gasteiger partial charge >= 0.3 is 0 Å². The van der Waals surface area contributed by atoms with Crippen molar-refractivity contribution in [3.63, 3.8) is 0 Å². The normalized spacial score (nSPS) is 9.29. The van der Waals surface area contributed by atoms with E-state index in [-0.39, 0.29) is 0 Å². The van der Waals surface area contributed by atoms with Crippen molar-refractivity contribution < 1.29 is 0 Å². The Morgan fingerprint density at radius 3 is 1.64 bits per heavy atom. The first kappa shape index (κ1) is 8.82. The Labute approximate surface area is 87.7 Å². The first-order chi connectivity index (χ1) is 6.83. The Bertz CT molecular complexity index is 490. The van der Waals surface area contributed by atoms with E-state index in [1.807, 2.05) is 12.1 Å². The molecule has 0 atom stereocenters. The van der Waals surface area contributed by atoms with Crippen LogP contribution in [-0.2, 0) is 0 Å². The van der Waals surface area contributed by atoms with Crippen LogP contribution in [0.2, 0.25) is 0 Å². The van der Waals surface area contributed by atoms with Gasteiger partial charge in [-0.3, -0.25) is 0 Å². The molecule has 2 rings (SSSR count). The predicted molar refractivity (Wildman–Crippen MR) is 52.7 cm³/mol. The summed E-state index contributed by atoms with van der Waals surface area (Å²) < 4.78 is 0.